The summed E-state index contributed by atoms with van der Waals surface area (Å²) in [5.41, 5.74) is 1.13. The van der Waals surface area contributed by atoms with Gasteiger partial charge in [-0.3, -0.25) is 4.79 Å². The minimum Gasteiger partial charge on any atom is -0.465 e. The molecule has 2 rings (SSSR count). The van der Waals surface area contributed by atoms with Gasteiger partial charge < -0.3 is 15.4 Å². The highest BCUT2D eigenvalue weighted by molar-refractivity contribution is 5.97. The molecule has 6 nitrogen and oxygen atoms in total. The number of methoxy groups -OCH3 is 1. The first-order valence-corrected chi connectivity index (χ1v) is 8.00. The van der Waals surface area contributed by atoms with Crippen molar-refractivity contribution in [1.82, 2.24) is 5.32 Å². The molecule has 6 heteroatoms. The SMILES string of the molecule is COC(=O)c1ccc(N/C=C(\C#N)C(=O)NC2CCCCC2)cc1. The highest BCUT2D eigenvalue weighted by Gasteiger charge is 2.18. The number of hydrogen-bond acceptors (Lipinski definition) is 5. The van der Waals surface area contributed by atoms with Gasteiger partial charge in [0.05, 0.1) is 12.7 Å². The molecule has 1 aromatic rings. The van der Waals surface area contributed by atoms with Crippen LogP contribution in [0.25, 0.3) is 0 Å². The number of benzene rings is 1. The van der Waals surface area contributed by atoms with Crippen molar-refractivity contribution < 1.29 is 14.3 Å². The Morgan fingerprint density at radius 2 is 1.88 bits per heavy atom. The molecule has 0 saturated heterocycles. The number of anilines is 1. The summed E-state index contributed by atoms with van der Waals surface area (Å²) < 4.78 is 4.63. The van der Waals surface area contributed by atoms with Crippen molar-refractivity contribution in [3.8, 4) is 6.07 Å². The van der Waals surface area contributed by atoms with Gasteiger partial charge in [0.1, 0.15) is 11.6 Å². The Morgan fingerprint density at radius 3 is 2.46 bits per heavy atom. The maximum atomic E-state index is 12.1. The molecule has 0 spiro atoms. The maximum absolute atomic E-state index is 12.1. The van der Waals surface area contributed by atoms with Gasteiger partial charge in [-0.25, -0.2) is 4.79 Å². The second kappa shape index (κ2) is 8.73. The largest absolute Gasteiger partial charge is 0.465 e. The molecule has 126 valence electrons. The van der Waals surface area contributed by atoms with E-state index in [-0.39, 0.29) is 17.5 Å². The van der Waals surface area contributed by atoms with E-state index < -0.39 is 5.97 Å². The molecule has 0 heterocycles. The highest BCUT2D eigenvalue weighted by atomic mass is 16.5. The van der Waals surface area contributed by atoms with Crippen molar-refractivity contribution in [2.24, 2.45) is 0 Å². The Kier molecular flexibility index (Phi) is 6.38. The number of amides is 1. The molecule has 1 aromatic carbocycles. The van der Waals surface area contributed by atoms with Gasteiger partial charge in [-0.15, -0.1) is 0 Å². The lowest BCUT2D eigenvalue weighted by atomic mass is 9.95. The van der Waals surface area contributed by atoms with Gasteiger partial charge in [0.15, 0.2) is 0 Å². The Labute approximate surface area is 141 Å². The third-order valence-electron chi connectivity index (χ3n) is 3.99. The molecule has 2 N–H and O–H groups in total. The topological polar surface area (TPSA) is 91.2 Å². The highest BCUT2D eigenvalue weighted by Crippen LogP contribution is 2.18. The van der Waals surface area contributed by atoms with Gasteiger partial charge in [0.2, 0.25) is 0 Å². The molecule has 0 unspecified atom stereocenters. The number of nitriles is 1. The van der Waals surface area contributed by atoms with Crippen LogP contribution in [0.2, 0.25) is 0 Å². The molecule has 0 aromatic heterocycles. The lowest BCUT2D eigenvalue weighted by Crippen LogP contribution is -2.37. The van der Waals surface area contributed by atoms with E-state index in [1.54, 1.807) is 24.3 Å². The summed E-state index contributed by atoms with van der Waals surface area (Å²) in [6.07, 6.45) is 6.74. The molecule has 1 amide bonds. The van der Waals surface area contributed by atoms with E-state index >= 15 is 0 Å². The quantitative estimate of drug-likeness (QED) is 0.493. The van der Waals surface area contributed by atoms with Crippen LogP contribution in [0.4, 0.5) is 5.69 Å². The number of carbonyl (C=O) groups excluding carboxylic acids is 2. The van der Waals surface area contributed by atoms with Gasteiger partial charge in [-0.1, -0.05) is 19.3 Å². The molecule has 1 aliphatic rings. The second-order valence-electron chi connectivity index (χ2n) is 5.69. The minimum absolute atomic E-state index is 0.0256. The van der Waals surface area contributed by atoms with Crippen LogP contribution in [0.15, 0.2) is 36.0 Å². The van der Waals surface area contributed by atoms with Crippen LogP contribution in [0.5, 0.6) is 0 Å². The lowest BCUT2D eigenvalue weighted by molar-refractivity contribution is -0.118. The van der Waals surface area contributed by atoms with E-state index in [1.165, 1.54) is 19.7 Å². The third-order valence-corrected chi connectivity index (χ3v) is 3.99. The molecule has 24 heavy (non-hydrogen) atoms. The fraction of sp³-hybridized carbons (Fsp3) is 0.389. The number of rotatable bonds is 5. The lowest BCUT2D eigenvalue weighted by Gasteiger charge is -2.22. The average Bonchev–Trinajstić information content (AvgIpc) is 2.63. The van der Waals surface area contributed by atoms with Crippen molar-refractivity contribution in [2.45, 2.75) is 38.1 Å². The summed E-state index contributed by atoms with van der Waals surface area (Å²) in [5.74, 6) is -0.773. The number of esters is 1. The normalized spacial score (nSPS) is 15.2. The predicted molar refractivity (Wildman–Crippen MR) is 90.1 cm³/mol. The summed E-state index contributed by atoms with van der Waals surface area (Å²) in [6.45, 7) is 0. The van der Waals surface area contributed by atoms with Crippen LogP contribution in [0, 0.1) is 11.3 Å². The van der Waals surface area contributed by atoms with E-state index in [9.17, 15) is 14.9 Å². The average molecular weight is 327 g/mol. The molecular weight excluding hydrogens is 306 g/mol. The number of hydrogen-bond donors (Lipinski definition) is 2. The molecule has 1 saturated carbocycles. The van der Waals surface area contributed by atoms with E-state index in [1.807, 2.05) is 6.07 Å². The molecular formula is C18H21N3O3. The fourth-order valence-electron chi connectivity index (χ4n) is 2.63. The standard InChI is InChI=1S/C18H21N3O3/c1-24-18(23)13-7-9-15(10-8-13)20-12-14(11-19)17(22)21-16-5-3-2-4-6-16/h7-10,12,16,20H,2-6H2,1H3,(H,21,22)/b14-12+. The predicted octanol–water partition coefficient (Wildman–Crippen LogP) is 2.74. The Hall–Kier alpha value is -2.81. The van der Waals surface area contributed by atoms with Crippen molar-refractivity contribution in [3.63, 3.8) is 0 Å². The maximum Gasteiger partial charge on any atom is 0.337 e. The van der Waals surface area contributed by atoms with Crippen LogP contribution in [-0.2, 0) is 9.53 Å². The molecule has 0 aliphatic heterocycles. The van der Waals surface area contributed by atoms with Gasteiger partial charge in [0, 0.05) is 17.9 Å². The van der Waals surface area contributed by atoms with E-state index in [0.717, 1.165) is 25.7 Å². The van der Waals surface area contributed by atoms with Crippen LogP contribution in [-0.4, -0.2) is 25.0 Å². The molecule has 0 radical (unpaired) electrons. The van der Waals surface area contributed by atoms with E-state index in [2.05, 4.69) is 15.4 Å². The number of nitrogens with one attached hydrogen (secondary N) is 2. The van der Waals surface area contributed by atoms with Crippen molar-refractivity contribution in [1.29, 1.82) is 5.26 Å². The Morgan fingerprint density at radius 1 is 1.21 bits per heavy atom. The summed E-state index contributed by atoms with van der Waals surface area (Å²) in [4.78, 5) is 23.5. The zero-order valence-electron chi connectivity index (χ0n) is 13.7. The first-order chi connectivity index (χ1) is 11.6. The third kappa shape index (κ3) is 4.85. The zero-order valence-corrected chi connectivity index (χ0v) is 13.7. The summed E-state index contributed by atoms with van der Waals surface area (Å²) >= 11 is 0. The van der Waals surface area contributed by atoms with Crippen molar-refractivity contribution >= 4 is 17.6 Å². The van der Waals surface area contributed by atoms with Crippen molar-refractivity contribution in [2.75, 3.05) is 12.4 Å². The molecule has 1 fully saturated rings. The zero-order chi connectivity index (χ0) is 17.4. The van der Waals surface area contributed by atoms with Gasteiger partial charge in [-0.05, 0) is 37.1 Å². The Balaban J connectivity index is 1.95. The van der Waals surface area contributed by atoms with Crippen LogP contribution in [0.3, 0.4) is 0 Å². The van der Waals surface area contributed by atoms with Gasteiger partial charge in [-0.2, -0.15) is 5.26 Å². The van der Waals surface area contributed by atoms with Crippen LogP contribution in [0.1, 0.15) is 42.5 Å². The van der Waals surface area contributed by atoms with Gasteiger partial charge >= 0.3 is 5.97 Å². The van der Waals surface area contributed by atoms with Crippen LogP contribution < -0.4 is 10.6 Å². The fourth-order valence-corrected chi connectivity index (χ4v) is 2.63. The Bertz CT molecular complexity index is 653. The van der Waals surface area contributed by atoms with Gasteiger partial charge in [0.25, 0.3) is 5.91 Å². The van der Waals surface area contributed by atoms with Crippen molar-refractivity contribution in [3.05, 3.63) is 41.6 Å². The summed E-state index contributed by atoms with van der Waals surface area (Å²) in [5, 5.41) is 15.0. The monoisotopic (exact) mass is 327 g/mol. The number of carbonyl (C=O) groups is 2. The second-order valence-corrected chi connectivity index (χ2v) is 5.69. The first kappa shape index (κ1) is 17.5. The number of nitrogens with zero attached hydrogens (tertiary/aromatic N) is 1. The van der Waals surface area contributed by atoms with Crippen LogP contribution >= 0.6 is 0 Å². The molecule has 0 bridgehead atoms. The smallest absolute Gasteiger partial charge is 0.337 e. The number of ether oxygens (including phenoxy) is 1. The molecule has 0 atom stereocenters. The van der Waals surface area contributed by atoms with E-state index in [0.29, 0.717) is 11.3 Å². The van der Waals surface area contributed by atoms with E-state index in [4.69, 9.17) is 0 Å². The first-order valence-electron chi connectivity index (χ1n) is 8.00. The summed E-state index contributed by atoms with van der Waals surface area (Å²) in [6, 6.07) is 8.64. The summed E-state index contributed by atoms with van der Waals surface area (Å²) in [7, 11) is 1.32. The minimum atomic E-state index is -0.415. The molecule has 1 aliphatic carbocycles.